The van der Waals surface area contributed by atoms with Gasteiger partial charge in [-0.3, -0.25) is 14.4 Å². The van der Waals surface area contributed by atoms with E-state index in [2.05, 4.69) is 0 Å². The van der Waals surface area contributed by atoms with Gasteiger partial charge in [-0.15, -0.1) is 0 Å². The molecule has 2 fully saturated rings. The van der Waals surface area contributed by atoms with Crippen molar-refractivity contribution in [3.63, 3.8) is 0 Å². The third-order valence-electron chi connectivity index (χ3n) is 7.40. The topological polar surface area (TPSA) is 87.2 Å². The van der Waals surface area contributed by atoms with E-state index in [9.17, 15) is 14.4 Å². The molecule has 3 aliphatic rings. The van der Waals surface area contributed by atoms with E-state index < -0.39 is 5.97 Å². The molecule has 2 aliphatic carbocycles. The minimum absolute atomic E-state index is 0.00729. The van der Waals surface area contributed by atoms with Crippen molar-refractivity contribution in [3.05, 3.63) is 59.7 Å². The summed E-state index contributed by atoms with van der Waals surface area (Å²) in [6, 6.07) is 15.1. The number of carboxylic acid groups (broad SMARTS) is 1. The summed E-state index contributed by atoms with van der Waals surface area (Å²) in [5, 5.41) is 9.13. The first-order valence-electron chi connectivity index (χ1n) is 12.1. The summed E-state index contributed by atoms with van der Waals surface area (Å²) in [6.07, 6.45) is 4.54. The van der Waals surface area contributed by atoms with Gasteiger partial charge in [0, 0.05) is 35.7 Å². The molecule has 7 nitrogen and oxygen atoms in total. The molecular formula is C27H30N2O5. The lowest BCUT2D eigenvalue weighted by Crippen LogP contribution is -2.52. The molecule has 0 spiro atoms. The average Bonchev–Trinajstić information content (AvgIpc) is 3.57. The normalized spacial score (nSPS) is 23.1. The molecule has 1 aliphatic heterocycles. The van der Waals surface area contributed by atoms with Crippen LogP contribution in [0.2, 0.25) is 0 Å². The van der Waals surface area contributed by atoms with Crippen molar-refractivity contribution in [3.8, 4) is 5.75 Å². The molecule has 0 saturated heterocycles. The molecule has 1 N–H and O–H groups in total. The number of rotatable bonds is 7. The number of hydrogen-bond acceptors (Lipinski definition) is 4. The number of benzene rings is 2. The maximum Gasteiger partial charge on any atom is 0.303 e. The minimum atomic E-state index is -0.957. The molecule has 2 saturated carbocycles. The van der Waals surface area contributed by atoms with Crippen LogP contribution in [0.5, 0.6) is 5.75 Å². The third-order valence-corrected chi connectivity index (χ3v) is 7.40. The fourth-order valence-electron chi connectivity index (χ4n) is 5.82. The summed E-state index contributed by atoms with van der Waals surface area (Å²) in [5.41, 5.74) is 2.41. The van der Waals surface area contributed by atoms with Crippen LogP contribution >= 0.6 is 0 Å². The highest BCUT2D eigenvalue weighted by atomic mass is 16.5. The van der Waals surface area contributed by atoms with Crippen LogP contribution in [0.1, 0.15) is 66.9 Å². The number of carboxylic acids is 1. The molecule has 1 heterocycles. The predicted molar refractivity (Wildman–Crippen MR) is 127 cm³/mol. The van der Waals surface area contributed by atoms with E-state index in [0.717, 1.165) is 43.4 Å². The van der Waals surface area contributed by atoms with Gasteiger partial charge in [-0.25, -0.2) is 0 Å². The fraction of sp³-hybridized carbons (Fsp3) is 0.444. The van der Waals surface area contributed by atoms with Gasteiger partial charge in [-0.2, -0.15) is 0 Å². The van der Waals surface area contributed by atoms with Gasteiger partial charge in [0.05, 0.1) is 19.6 Å². The first-order valence-corrected chi connectivity index (χ1v) is 12.1. The lowest BCUT2D eigenvalue weighted by atomic mass is 9.81. The highest BCUT2D eigenvalue weighted by Gasteiger charge is 2.51. The Labute approximate surface area is 199 Å². The number of aliphatic carboxylic acids is 1. The first kappa shape index (κ1) is 22.4. The Hall–Kier alpha value is -3.35. The Balaban J connectivity index is 1.55. The lowest BCUT2D eigenvalue weighted by molar-refractivity contribution is -0.142. The van der Waals surface area contributed by atoms with Crippen LogP contribution in [0.3, 0.4) is 0 Å². The largest absolute Gasteiger partial charge is 0.497 e. The number of anilines is 1. The van der Waals surface area contributed by atoms with Crippen LogP contribution in [0.15, 0.2) is 48.5 Å². The van der Waals surface area contributed by atoms with E-state index in [1.165, 1.54) is 0 Å². The summed E-state index contributed by atoms with van der Waals surface area (Å²) < 4.78 is 5.34. The average molecular weight is 463 g/mol. The SMILES string of the molecule is COc1cccc(C(=O)N2c3ccccc3[C@H](N(C(=O)CCC(=O)O)C3CC3)[C@H]3CCC[C@H]32)c1. The highest BCUT2D eigenvalue weighted by Crippen LogP contribution is 2.52. The molecular weight excluding hydrogens is 432 g/mol. The van der Waals surface area contributed by atoms with Gasteiger partial charge < -0.3 is 19.6 Å². The van der Waals surface area contributed by atoms with Gasteiger partial charge in [-0.05, 0) is 55.5 Å². The van der Waals surface area contributed by atoms with Crippen molar-refractivity contribution >= 4 is 23.5 Å². The van der Waals surface area contributed by atoms with Gasteiger partial charge in [0.1, 0.15) is 5.75 Å². The molecule has 0 aromatic heterocycles. The molecule has 3 atom stereocenters. The van der Waals surface area contributed by atoms with Crippen LogP contribution in [-0.4, -0.2) is 47.0 Å². The number of hydrogen-bond donors (Lipinski definition) is 1. The van der Waals surface area contributed by atoms with Crippen LogP contribution in [0.25, 0.3) is 0 Å². The van der Waals surface area contributed by atoms with Crippen LogP contribution in [0, 0.1) is 5.92 Å². The second kappa shape index (κ2) is 9.12. The third kappa shape index (κ3) is 4.04. The Bertz CT molecular complexity index is 1110. The predicted octanol–water partition coefficient (Wildman–Crippen LogP) is 4.42. The highest BCUT2D eigenvalue weighted by molar-refractivity contribution is 6.07. The minimum Gasteiger partial charge on any atom is -0.497 e. The zero-order valence-corrected chi connectivity index (χ0v) is 19.4. The molecule has 5 rings (SSSR count). The molecule has 0 radical (unpaired) electrons. The maximum absolute atomic E-state index is 13.8. The zero-order chi connectivity index (χ0) is 23.8. The van der Waals surface area contributed by atoms with Crippen molar-refractivity contribution in [1.29, 1.82) is 0 Å². The standard InChI is InChI=1S/C27H30N2O5/c1-34-19-7-4-6-17(16-19)27(33)29-22-10-3-2-8-20(22)26(21-9-5-11-23(21)29)28(18-12-13-18)24(30)14-15-25(31)32/h2-4,6-8,10,16,18,21,23,26H,5,9,11-15H2,1H3,(H,31,32)/t21-,23+,26-/m0/s1. The van der Waals surface area contributed by atoms with Crippen molar-refractivity contribution in [2.75, 3.05) is 12.0 Å². The summed E-state index contributed by atoms with van der Waals surface area (Å²) in [4.78, 5) is 42.2. The molecule has 2 amide bonds. The Morgan fingerprint density at radius 1 is 1.03 bits per heavy atom. The van der Waals surface area contributed by atoms with E-state index in [4.69, 9.17) is 9.84 Å². The molecule has 0 bridgehead atoms. The Morgan fingerprint density at radius 2 is 1.82 bits per heavy atom. The number of carbonyl (C=O) groups excluding carboxylic acids is 2. The number of amides is 2. The molecule has 34 heavy (non-hydrogen) atoms. The number of carbonyl (C=O) groups is 3. The Kier molecular flexibility index (Phi) is 6.02. The van der Waals surface area contributed by atoms with Crippen LogP contribution in [0.4, 0.5) is 5.69 Å². The number of para-hydroxylation sites is 1. The molecule has 178 valence electrons. The van der Waals surface area contributed by atoms with E-state index in [1.54, 1.807) is 13.2 Å². The molecule has 0 unspecified atom stereocenters. The second-order valence-electron chi connectivity index (χ2n) is 9.50. The summed E-state index contributed by atoms with van der Waals surface area (Å²) in [7, 11) is 1.59. The van der Waals surface area contributed by atoms with Gasteiger partial charge in [-0.1, -0.05) is 30.7 Å². The number of ether oxygens (including phenoxy) is 1. The van der Waals surface area contributed by atoms with Crippen molar-refractivity contribution in [1.82, 2.24) is 4.90 Å². The number of methoxy groups -OCH3 is 1. The van der Waals surface area contributed by atoms with Crippen molar-refractivity contribution in [2.24, 2.45) is 5.92 Å². The van der Waals surface area contributed by atoms with Gasteiger partial charge in [0.15, 0.2) is 0 Å². The van der Waals surface area contributed by atoms with Crippen molar-refractivity contribution in [2.45, 2.75) is 63.1 Å². The second-order valence-corrected chi connectivity index (χ2v) is 9.50. The van der Waals surface area contributed by atoms with Gasteiger partial charge in [0.25, 0.3) is 5.91 Å². The molecule has 2 aromatic carbocycles. The van der Waals surface area contributed by atoms with E-state index in [-0.39, 0.29) is 48.7 Å². The van der Waals surface area contributed by atoms with Gasteiger partial charge in [0.2, 0.25) is 5.91 Å². The summed E-state index contributed by atoms with van der Waals surface area (Å²) in [5.74, 6) is -0.346. The zero-order valence-electron chi connectivity index (χ0n) is 19.4. The van der Waals surface area contributed by atoms with Gasteiger partial charge >= 0.3 is 5.97 Å². The fourth-order valence-corrected chi connectivity index (χ4v) is 5.82. The monoisotopic (exact) mass is 462 g/mol. The number of nitrogens with zero attached hydrogens (tertiary/aromatic N) is 2. The quantitative estimate of drug-likeness (QED) is 0.658. The van der Waals surface area contributed by atoms with E-state index in [0.29, 0.717) is 11.3 Å². The van der Waals surface area contributed by atoms with E-state index >= 15 is 0 Å². The van der Waals surface area contributed by atoms with Crippen molar-refractivity contribution < 1.29 is 24.2 Å². The Morgan fingerprint density at radius 3 is 2.56 bits per heavy atom. The lowest BCUT2D eigenvalue weighted by Gasteiger charge is -2.48. The number of fused-ring (bicyclic) bond motifs is 2. The summed E-state index contributed by atoms with van der Waals surface area (Å²) in [6.45, 7) is 0. The van der Waals surface area contributed by atoms with Crippen LogP contribution < -0.4 is 9.64 Å². The smallest absolute Gasteiger partial charge is 0.303 e. The van der Waals surface area contributed by atoms with Crippen LogP contribution in [-0.2, 0) is 9.59 Å². The first-order chi connectivity index (χ1) is 16.5. The molecule has 7 heteroatoms. The molecule has 2 aromatic rings. The maximum atomic E-state index is 13.8. The van der Waals surface area contributed by atoms with E-state index in [1.807, 2.05) is 52.3 Å². The summed E-state index contributed by atoms with van der Waals surface area (Å²) >= 11 is 0.